The van der Waals surface area contributed by atoms with Crippen molar-refractivity contribution in [2.45, 2.75) is 25.9 Å². The lowest BCUT2D eigenvalue weighted by molar-refractivity contribution is -0.162. The Bertz CT molecular complexity index is 849. The number of para-hydroxylation sites is 1. The van der Waals surface area contributed by atoms with E-state index in [0.717, 1.165) is 5.69 Å². The maximum absolute atomic E-state index is 13.3. The topological polar surface area (TPSA) is 62.7 Å². The van der Waals surface area contributed by atoms with Crippen LogP contribution in [0.3, 0.4) is 0 Å². The molecule has 0 unspecified atom stereocenters. The first kappa shape index (κ1) is 21.1. The largest absolute Gasteiger partial charge is 0.440 e. The average Bonchev–Trinajstić information content (AvgIpc) is 3.12. The lowest BCUT2D eigenvalue weighted by Gasteiger charge is -2.33. The average molecular weight is 427 g/mol. The summed E-state index contributed by atoms with van der Waals surface area (Å²) in [5, 5.41) is 2.42. The van der Waals surface area contributed by atoms with Crippen LogP contribution in [0.25, 0.3) is 0 Å². The number of likely N-dealkylation sites (tertiary alicyclic amines) is 1. The first-order chi connectivity index (χ1) is 13.7. The van der Waals surface area contributed by atoms with Crippen LogP contribution in [0.5, 0.6) is 0 Å². The Morgan fingerprint density at radius 1 is 1.24 bits per heavy atom. The second kappa shape index (κ2) is 8.81. The maximum atomic E-state index is 13.3. The summed E-state index contributed by atoms with van der Waals surface area (Å²) < 4.78 is 40.9. The van der Waals surface area contributed by atoms with Gasteiger partial charge in [-0.15, -0.1) is 11.3 Å². The van der Waals surface area contributed by atoms with E-state index in [1.165, 1.54) is 16.2 Å². The van der Waals surface area contributed by atoms with Gasteiger partial charge in [-0.3, -0.25) is 9.69 Å². The number of aromatic nitrogens is 1. The summed E-state index contributed by atoms with van der Waals surface area (Å²) in [6.07, 6.45) is -4.89. The van der Waals surface area contributed by atoms with E-state index in [1.807, 2.05) is 42.6 Å². The van der Waals surface area contributed by atoms with E-state index in [1.54, 1.807) is 4.90 Å². The third kappa shape index (κ3) is 5.47. The molecule has 10 heteroatoms. The van der Waals surface area contributed by atoms with Gasteiger partial charge in [0.25, 0.3) is 0 Å². The van der Waals surface area contributed by atoms with Gasteiger partial charge in [0, 0.05) is 24.4 Å². The van der Waals surface area contributed by atoms with Crippen molar-refractivity contribution in [1.82, 2.24) is 9.88 Å². The van der Waals surface area contributed by atoms with E-state index in [9.17, 15) is 22.8 Å². The van der Waals surface area contributed by atoms with Crippen LogP contribution >= 0.6 is 11.3 Å². The van der Waals surface area contributed by atoms with E-state index in [2.05, 4.69) is 9.72 Å². The molecule has 0 radical (unpaired) electrons. The number of hydrogen-bond acceptors (Lipinski definition) is 5. The molecule has 1 aromatic carbocycles. The molecule has 0 N–H and O–H groups in total. The minimum absolute atomic E-state index is 0.145. The smallest absolute Gasteiger partial charge is 0.422 e. The number of thiazole rings is 1. The fourth-order valence-corrected chi connectivity index (χ4v) is 3.91. The molecule has 0 saturated carbocycles. The van der Waals surface area contributed by atoms with Crippen molar-refractivity contribution in [3.8, 4) is 0 Å². The summed E-state index contributed by atoms with van der Waals surface area (Å²) in [5.41, 5.74) is 1.50. The molecule has 1 aliphatic rings. The minimum Gasteiger partial charge on any atom is -0.440 e. The zero-order valence-electron chi connectivity index (χ0n) is 15.7. The van der Waals surface area contributed by atoms with Gasteiger partial charge in [0.05, 0.1) is 11.4 Å². The van der Waals surface area contributed by atoms with Gasteiger partial charge >= 0.3 is 12.3 Å². The Morgan fingerprint density at radius 2 is 1.90 bits per heavy atom. The van der Waals surface area contributed by atoms with E-state index < -0.39 is 18.9 Å². The lowest BCUT2D eigenvalue weighted by Crippen LogP contribution is -2.44. The molecule has 29 heavy (non-hydrogen) atoms. The first-order valence-corrected chi connectivity index (χ1v) is 9.92. The summed E-state index contributed by atoms with van der Waals surface area (Å²) in [6, 6.07) is 9.14. The van der Waals surface area contributed by atoms with Gasteiger partial charge in [0.2, 0.25) is 5.91 Å². The number of benzene rings is 1. The van der Waals surface area contributed by atoms with Crippen molar-refractivity contribution in [1.29, 1.82) is 0 Å². The molecule has 0 spiro atoms. The van der Waals surface area contributed by atoms with Gasteiger partial charge in [0.1, 0.15) is 0 Å². The molecule has 2 aromatic rings. The predicted octanol–water partition coefficient (Wildman–Crippen LogP) is 4.53. The van der Waals surface area contributed by atoms with Gasteiger partial charge in [-0.05, 0) is 31.9 Å². The number of carbonyl (C=O) groups excluding carboxylic acids is 2. The number of rotatable bonds is 4. The molecule has 0 aliphatic carbocycles. The highest BCUT2D eigenvalue weighted by molar-refractivity contribution is 7.14. The van der Waals surface area contributed by atoms with Crippen molar-refractivity contribution < 1.29 is 27.5 Å². The van der Waals surface area contributed by atoms with Crippen LogP contribution < -0.4 is 4.90 Å². The van der Waals surface area contributed by atoms with Crippen LogP contribution in [0.1, 0.15) is 18.5 Å². The Labute approximate surface area is 169 Å². The normalized spacial score (nSPS) is 15.2. The number of nitrogens with zero attached hydrogens (tertiary/aromatic N) is 3. The Morgan fingerprint density at radius 3 is 2.45 bits per heavy atom. The summed E-state index contributed by atoms with van der Waals surface area (Å²) in [7, 11) is 0. The second-order valence-electron chi connectivity index (χ2n) is 6.71. The van der Waals surface area contributed by atoms with Crippen molar-refractivity contribution in [2.75, 3.05) is 24.6 Å². The SMILES string of the molecule is Cc1csc(N(C(=O)C2CCN(C(=O)OCC(F)(F)F)CC2)c2ccccc2)n1. The highest BCUT2D eigenvalue weighted by Gasteiger charge is 2.35. The van der Waals surface area contributed by atoms with Gasteiger partial charge in [0.15, 0.2) is 11.7 Å². The van der Waals surface area contributed by atoms with E-state index >= 15 is 0 Å². The Balaban J connectivity index is 1.67. The molecule has 2 heterocycles. The number of aryl methyl sites for hydroxylation is 1. The Hall–Kier alpha value is -2.62. The number of piperidine rings is 1. The van der Waals surface area contributed by atoms with Crippen molar-refractivity contribution in [3.05, 3.63) is 41.4 Å². The van der Waals surface area contributed by atoms with Crippen LogP contribution in [0.15, 0.2) is 35.7 Å². The molecule has 3 rings (SSSR count). The minimum atomic E-state index is -4.56. The summed E-state index contributed by atoms with van der Waals surface area (Å²) >= 11 is 1.36. The number of amides is 2. The quantitative estimate of drug-likeness (QED) is 0.719. The van der Waals surface area contributed by atoms with Gasteiger partial charge in [-0.25, -0.2) is 9.78 Å². The van der Waals surface area contributed by atoms with Crippen molar-refractivity contribution in [3.63, 3.8) is 0 Å². The number of anilines is 2. The van der Waals surface area contributed by atoms with E-state index in [0.29, 0.717) is 23.7 Å². The molecule has 1 saturated heterocycles. The highest BCUT2D eigenvalue weighted by Crippen LogP contribution is 2.32. The third-order valence-corrected chi connectivity index (χ3v) is 5.44. The Kier molecular flexibility index (Phi) is 6.41. The molecule has 1 fully saturated rings. The zero-order valence-corrected chi connectivity index (χ0v) is 16.5. The highest BCUT2D eigenvalue weighted by atomic mass is 32.1. The van der Waals surface area contributed by atoms with Gasteiger partial charge in [-0.2, -0.15) is 13.2 Å². The van der Waals surface area contributed by atoms with Crippen LogP contribution in [0, 0.1) is 12.8 Å². The molecule has 2 amide bonds. The van der Waals surface area contributed by atoms with Crippen molar-refractivity contribution in [2.24, 2.45) is 5.92 Å². The second-order valence-corrected chi connectivity index (χ2v) is 7.55. The van der Waals surface area contributed by atoms with Gasteiger partial charge in [-0.1, -0.05) is 18.2 Å². The van der Waals surface area contributed by atoms with E-state index in [-0.39, 0.29) is 24.9 Å². The molecule has 0 atom stereocenters. The number of carbonyl (C=O) groups is 2. The standard InChI is InChI=1S/C19H20F3N3O3S/c1-13-11-29-17(23-13)25(15-5-3-2-4-6-15)16(26)14-7-9-24(10-8-14)18(27)28-12-19(20,21)22/h2-6,11,14H,7-10,12H2,1H3. The number of alkyl halides is 3. The monoisotopic (exact) mass is 427 g/mol. The summed E-state index contributed by atoms with van der Waals surface area (Å²) in [4.78, 5) is 32.3. The summed E-state index contributed by atoms with van der Waals surface area (Å²) in [6.45, 7) is 0.549. The lowest BCUT2D eigenvalue weighted by atomic mass is 9.95. The molecular formula is C19H20F3N3O3S. The van der Waals surface area contributed by atoms with Crippen LogP contribution in [0.2, 0.25) is 0 Å². The first-order valence-electron chi connectivity index (χ1n) is 9.04. The zero-order chi connectivity index (χ0) is 21.0. The molecular weight excluding hydrogens is 407 g/mol. The molecule has 1 aliphatic heterocycles. The van der Waals surface area contributed by atoms with Crippen LogP contribution in [-0.4, -0.2) is 47.8 Å². The fraction of sp³-hybridized carbons (Fsp3) is 0.421. The number of hydrogen-bond donors (Lipinski definition) is 0. The number of ether oxygens (including phenoxy) is 1. The summed E-state index contributed by atoms with van der Waals surface area (Å²) in [5.74, 6) is -0.514. The third-order valence-electron chi connectivity index (χ3n) is 4.49. The predicted molar refractivity (Wildman–Crippen MR) is 102 cm³/mol. The van der Waals surface area contributed by atoms with Crippen LogP contribution in [0.4, 0.5) is 28.8 Å². The molecule has 6 nitrogen and oxygen atoms in total. The van der Waals surface area contributed by atoms with Gasteiger partial charge < -0.3 is 9.64 Å². The van der Waals surface area contributed by atoms with Crippen molar-refractivity contribution >= 4 is 34.2 Å². The molecule has 1 aromatic heterocycles. The fourth-order valence-electron chi connectivity index (χ4n) is 3.08. The molecule has 0 bridgehead atoms. The molecule has 156 valence electrons. The number of halogens is 3. The maximum Gasteiger partial charge on any atom is 0.422 e. The van der Waals surface area contributed by atoms with Crippen LogP contribution in [-0.2, 0) is 9.53 Å². The van der Waals surface area contributed by atoms with E-state index in [4.69, 9.17) is 0 Å².